The Morgan fingerprint density at radius 1 is 0.875 bits per heavy atom. The molecule has 8 heteroatoms. The van der Waals surface area contributed by atoms with Gasteiger partial charge in [0.1, 0.15) is 12.6 Å². The predicted octanol–water partition coefficient (Wildman–Crippen LogP) is 5.26. The molecule has 0 bridgehead atoms. The summed E-state index contributed by atoms with van der Waals surface area (Å²) in [5, 5.41) is 2.99. The third kappa shape index (κ3) is 8.18. The Labute approximate surface area is 239 Å². The molecule has 0 aliphatic heterocycles. The molecule has 0 radical (unpaired) electrons. The zero-order valence-corrected chi connectivity index (χ0v) is 25.2. The van der Waals surface area contributed by atoms with E-state index in [0.29, 0.717) is 18.5 Å². The molecular formula is C32H41N3O4S. The lowest BCUT2D eigenvalue weighted by Gasteiger charge is -2.34. The normalized spacial score (nSPS) is 12.4. The van der Waals surface area contributed by atoms with E-state index < -0.39 is 34.1 Å². The van der Waals surface area contributed by atoms with Gasteiger partial charge in [0.2, 0.25) is 11.8 Å². The summed E-state index contributed by atoms with van der Waals surface area (Å²) in [6.45, 7) is 11.1. The number of nitrogens with zero attached hydrogens (tertiary/aromatic N) is 2. The van der Waals surface area contributed by atoms with Crippen molar-refractivity contribution in [1.82, 2.24) is 10.2 Å². The van der Waals surface area contributed by atoms with E-state index in [0.717, 1.165) is 21.0 Å². The molecule has 0 saturated carbocycles. The molecule has 40 heavy (non-hydrogen) atoms. The molecule has 0 aliphatic rings. The molecule has 214 valence electrons. The van der Waals surface area contributed by atoms with E-state index in [-0.39, 0.29) is 17.3 Å². The lowest BCUT2D eigenvalue weighted by Crippen LogP contribution is -2.56. The minimum absolute atomic E-state index is 0.0979. The van der Waals surface area contributed by atoms with Crippen LogP contribution in [-0.4, -0.2) is 49.8 Å². The fourth-order valence-corrected chi connectivity index (χ4v) is 5.90. The second kappa shape index (κ2) is 13.1. The Bertz CT molecular complexity index is 1400. The number of nitrogens with one attached hydrogen (secondary N) is 1. The van der Waals surface area contributed by atoms with E-state index in [4.69, 9.17) is 0 Å². The van der Waals surface area contributed by atoms with Gasteiger partial charge >= 0.3 is 0 Å². The van der Waals surface area contributed by atoms with Crippen molar-refractivity contribution in [2.45, 2.75) is 70.9 Å². The van der Waals surface area contributed by atoms with Gasteiger partial charge in [-0.25, -0.2) is 8.42 Å². The van der Waals surface area contributed by atoms with Gasteiger partial charge in [-0.3, -0.25) is 13.9 Å². The van der Waals surface area contributed by atoms with Crippen LogP contribution >= 0.6 is 0 Å². The van der Waals surface area contributed by atoms with Crippen LogP contribution < -0.4 is 9.62 Å². The van der Waals surface area contributed by atoms with Gasteiger partial charge in [0, 0.05) is 12.1 Å². The maximum Gasteiger partial charge on any atom is 0.264 e. The fourth-order valence-electron chi connectivity index (χ4n) is 4.50. The number of hydrogen-bond donors (Lipinski definition) is 1. The summed E-state index contributed by atoms with van der Waals surface area (Å²) in [6, 6.07) is 22.6. The van der Waals surface area contributed by atoms with Crippen molar-refractivity contribution in [3.63, 3.8) is 0 Å². The van der Waals surface area contributed by atoms with Crippen molar-refractivity contribution < 1.29 is 18.0 Å². The fraction of sp³-hybridized carbons (Fsp3) is 0.375. The van der Waals surface area contributed by atoms with Gasteiger partial charge in [0.15, 0.2) is 0 Å². The highest BCUT2D eigenvalue weighted by molar-refractivity contribution is 7.92. The first-order chi connectivity index (χ1) is 18.8. The zero-order chi connectivity index (χ0) is 29.5. The number of carbonyl (C=O) groups is 2. The van der Waals surface area contributed by atoms with Gasteiger partial charge in [0.05, 0.1) is 10.6 Å². The van der Waals surface area contributed by atoms with E-state index in [1.54, 1.807) is 42.5 Å². The van der Waals surface area contributed by atoms with Crippen molar-refractivity contribution >= 4 is 27.5 Å². The lowest BCUT2D eigenvalue weighted by molar-refractivity contribution is -0.140. The van der Waals surface area contributed by atoms with Gasteiger partial charge in [-0.1, -0.05) is 67.1 Å². The summed E-state index contributed by atoms with van der Waals surface area (Å²) in [5.74, 6) is -0.705. The third-order valence-electron chi connectivity index (χ3n) is 6.55. The molecule has 3 rings (SSSR count). The second-order valence-corrected chi connectivity index (χ2v) is 13.0. The minimum atomic E-state index is -4.08. The van der Waals surface area contributed by atoms with Crippen molar-refractivity contribution in [2.75, 3.05) is 17.4 Å². The number of rotatable bonds is 11. The molecule has 0 spiro atoms. The first kappa shape index (κ1) is 30.9. The summed E-state index contributed by atoms with van der Waals surface area (Å²) in [6.07, 6.45) is 0.915. The third-order valence-corrected chi connectivity index (χ3v) is 8.33. The lowest BCUT2D eigenvalue weighted by atomic mass is 10.1. The van der Waals surface area contributed by atoms with Crippen molar-refractivity contribution in [3.8, 4) is 0 Å². The average molecular weight is 564 g/mol. The quantitative estimate of drug-likeness (QED) is 0.345. The molecule has 3 aromatic rings. The standard InChI is InChI=1S/C32H41N3O4S/c1-7-29(31(37)33-32(4,5)6)34(21-20-26-13-9-8-10-14-26)30(36)23-35(27-15-11-12-25(3)22-27)40(38,39)28-18-16-24(2)17-19-28/h8-19,22,29H,7,20-21,23H2,1-6H3,(H,33,37). The molecule has 0 fully saturated rings. The highest BCUT2D eigenvalue weighted by Crippen LogP contribution is 2.25. The Balaban J connectivity index is 2.02. The number of sulfonamides is 1. The Morgan fingerprint density at radius 3 is 2.10 bits per heavy atom. The Kier molecular flexibility index (Phi) is 10.1. The van der Waals surface area contributed by atoms with Crippen LogP contribution in [0.2, 0.25) is 0 Å². The number of anilines is 1. The van der Waals surface area contributed by atoms with Gasteiger partial charge < -0.3 is 10.2 Å². The van der Waals surface area contributed by atoms with E-state index in [9.17, 15) is 18.0 Å². The Hall–Kier alpha value is -3.65. The summed E-state index contributed by atoms with van der Waals surface area (Å²) >= 11 is 0. The highest BCUT2D eigenvalue weighted by atomic mass is 32.2. The summed E-state index contributed by atoms with van der Waals surface area (Å²) in [5.41, 5.74) is 2.73. The molecule has 3 aromatic carbocycles. The Morgan fingerprint density at radius 2 is 1.52 bits per heavy atom. The maximum absolute atomic E-state index is 14.1. The number of aryl methyl sites for hydroxylation is 2. The number of benzene rings is 3. The highest BCUT2D eigenvalue weighted by Gasteiger charge is 2.34. The molecule has 0 saturated heterocycles. The van der Waals surface area contributed by atoms with Crippen LogP contribution in [0.4, 0.5) is 5.69 Å². The van der Waals surface area contributed by atoms with Crippen LogP contribution in [0.15, 0.2) is 83.8 Å². The van der Waals surface area contributed by atoms with E-state index >= 15 is 0 Å². The largest absolute Gasteiger partial charge is 0.350 e. The summed E-state index contributed by atoms with van der Waals surface area (Å²) in [7, 11) is -4.08. The summed E-state index contributed by atoms with van der Waals surface area (Å²) in [4.78, 5) is 29.1. The molecular weight excluding hydrogens is 522 g/mol. The van der Waals surface area contributed by atoms with E-state index in [1.165, 1.54) is 4.90 Å². The van der Waals surface area contributed by atoms with Crippen molar-refractivity contribution in [2.24, 2.45) is 0 Å². The van der Waals surface area contributed by atoms with Gasteiger partial charge in [0.25, 0.3) is 10.0 Å². The smallest absolute Gasteiger partial charge is 0.264 e. The van der Waals surface area contributed by atoms with Crippen LogP contribution in [0, 0.1) is 13.8 Å². The van der Waals surface area contributed by atoms with E-state index in [2.05, 4.69) is 5.32 Å². The van der Waals surface area contributed by atoms with Crippen molar-refractivity contribution in [3.05, 3.63) is 95.6 Å². The molecule has 2 amide bonds. The van der Waals surface area contributed by atoms with Crippen LogP contribution in [-0.2, 0) is 26.0 Å². The van der Waals surface area contributed by atoms with Gasteiger partial charge in [-0.2, -0.15) is 0 Å². The number of amides is 2. The summed E-state index contributed by atoms with van der Waals surface area (Å²) < 4.78 is 29.0. The monoisotopic (exact) mass is 563 g/mol. The van der Waals surface area contributed by atoms with Crippen LogP contribution in [0.5, 0.6) is 0 Å². The van der Waals surface area contributed by atoms with Crippen LogP contribution in [0.1, 0.15) is 50.8 Å². The topological polar surface area (TPSA) is 86.8 Å². The first-order valence-corrected chi connectivity index (χ1v) is 15.1. The maximum atomic E-state index is 14.1. The predicted molar refractivity (Wildman–Crippen MR) is 161 cm³/mol. The van der Waals surface area contributed by atoms with Gasteiger partial charge in [-0.15, -0.1) is 0 Å². The van der Waals surface area contributed by atoms with Crippen LogP contribution in [0.3, 0.4) is 0 Å². The number of hydrogen-bond acceptors (Lipinski definition) is 4. The molecule has 7 nitrogen and oxygen atoms in total. The molecule has 0 heterocycles. The van der Waals surface area contributed by atoms with E-state index in [1.807, 2.05) is 77.9 Å². The van der Waals surface area contributed by atoms with Gasteiger partial charge in [-0.05, 0) is 82.9 Å². The average Bonchev–Trinajstić information content (AvgIpc) is 2.89. The number of carbonyl (C=O) groups excluding carboxylic acids is 2. The minimum Gasteiger partial charge on any atom is -0.350 e. The molecule has 0 aliphatic carbocycles. The molecule has 1 atom stereocenters. The SMILES string of the molecule is CCC(C(=O)NC(C)(C)C)N(CCc1ccccc1)C(=O)CN(c1cccc(C)c1)S(=O)(=O)c1ccc(C)cc1. The molecule has 1 unspecified atom stereocenters. The first-order valence-electron chi connectivity index (χ1n) is 13.6. The molecule has 1 N–H and O–H groups in total. The second-order valence-electron chi connectivity index (χ2n) is 11.1. The van der Waals surface area contributed by atoms with Crippen molar-refractivity contribution in [1.29, 1.82) is 0 Å². The zero-order valence-electron chi connectivity index (χ0n) is 24.3. The molecule has 0 aromatic heterocycles. The van der Waals surface area contributed by atoms with Crippen LogP contribution in [0.25, 0.3) is 0 Å².